The van der Waals surface area contributed by atoms with E-state index in [1.54, 1.807) is 0 Å². The molecule has 2 unspecified atom stereocenters. The largest absolute Gasteiger partial charge is 0.316 e. The van der Waals surface area contributed by atoms with Crippen LogP contribution in [0.5, 0.6) is 0 Å². The van der Waals surface area contributed by atoms with Crippen molar-refractivity contribution in [1.82, 2.24) is 5.32 Å². The number of thioether (sulfide) groups is 1. The molecule has 1 rings (SSSR count). The summed E-state index contributed by atoms with van der Waals surface area (Å²) in [6.07, 6.45) is 2.43. The van der Waals surface area contributed by atoms with Crippen LogP contribution in [0.4, 0.5) is 0 Å². The molecule has 0 aliphatic rings. The van der Waals surface area contributed by atoms with Crippen LogP contribution in [0.15, 0.2) is 17.5 Å². The number of likely N-dealkylation sites (N-methyl/N-ethyl adjacent to an activating group) is 1. The molecule has 0 radical (unpaired) electrons. The molecule has 2 atom stereocenters. The van der Waals surface area contributed by atoms with Crippen LogP contribution < -0.4 is 5.32 Å². The minimum absolute atomic E-state index is 0.614. The van der Waals surface area contributed by atoms with Crippen LogP contribution in [0.1, 0.15) is 25.1 Å². The number of nitrogens with one attached hydrogen (secondary N) is 1. The highest BCUT2D eigenvalue weighted by Gasteiger charge is 2.09. The van der Waals surface area contributed by atoms with E-state index in [1.165, 1.54) is 17.1 Å². The smallest absolute Gasteiger partial charge is 0.0203 e. The van der Waals surface area contributed by atoms with E-state index in [1.807, 2.05) is 11.3 Å². The molecule has 1 nitrogen and oxygen atoms in total. The molecule has 86 valence electrons. The van der Waals surface area contributed by atoms with Gasteiger partial charge in [-0.1, -0.05) is 19.9 Å². The highest BCUT2D eigenvalue weighted by atomic mass is 32.2. The van der Waals surface area contributed by atoms with Gasteiger partial charge in [-0.05, 0) is 31.3 Å². The summed E-state index contributed by atoms with van der Waals surface area (Å²) in [5.74, 6) is 1.21. The minimum Gasteiger partial charge on any atom is -0.316 e. The monoisotopic (exact) mass is 243 g/mol. The third-order valence-corrected chi connectivity index (χ3v) is 4.99. The van der Waals surface area contributed by atoms with Crippen LogP contribution in [-0.4, -0.2) is 24.1 Å². The van der Waals surface area contributed by atoms with Crippen LogP contribution in [0, 0.1) is 0 Å². The summed E-state index contributed by atoms with van der Waals surface area (Å²) in [6, 6.07) is 4.97. The minimum atomic E-state index is 0.614. The van der Waals surface area contributed by atoms with Crippen molar-refractivity contribution in [2.45, 2.75) is 38.0 Å². The Morgan fingerprint density at radius 3 is 2.87 bits per heavy atom. The van der Waals surface area contributed by atoms with E-state index in [4.69, 9.17) is 0 Å². The van der Waals surface area contributed by atoms with E-state index in [9.17, 15) is 0 Å². The topological polar surface area (TPSA) is 12.0 Å². The van der Waals surface area contributed by atoms with Gasteiger partial charge in [0.2, 0.25) is 0 Å². The zero-order valence-corrected chi connectivity index (χ0v) is 11.5. The Hall–Kier alpha value is 0.01000. The molecule has 3 heteroatoms. The van der Waals surface area contributed by atoms with E-state index in [-0.39, 0.29) is 0 Å². The molecule has 0 bridgehead atoms. The number of rotatable bonds is 7. The Labute approximate surface area is 102 Å². The molecular weight excluding hydrogens is 222 g/mol. The van der Waals surface area contributed by atoms with Crippen LogP contribution in [0.3, 0.4) is 0 Å². The Balaban J connectivity index is 2.30. The average molecular weight is 243 g/mol. The lowest BCUT2D eigenvalue weighted by molar-refractivity contribution is 0.620. The molecule has 0 spiro atoms. The Morgan fingerprint density at radius 1 is 1.53 bits per heavy atom. The third-order valence-electron chi connectivity index (χ3n) is 2.59. The number of hydrogen-bond acceptors (Lipinski definition) is 3. The van der Waals surface area contributed by atoms with E-state index < -0.39 is 0 Å². The summed E-state index contributed by atoms with van der Waals surface area (Å²) < 4.78 is 0. The molecule has 1 aromatic rings. The Kier molecular flexibility index (Phi) is 6.37. The Morgan fingerprint density at radius 2 is 2.33 bits per heavy atom. The molecule has 1 N–H and O–H groups in total. The lowest BCUT2D eigenvalue weighted by Gasteiger charge is -2.17. The van der Waals surface area contributed by atoms with Crippen molar-refractivity contribution in [3.8, 4) is 0 Å². The van der Waals surface area contributed by atoms with Crippen molar-refractivity contribution in [1.29, 1.82) is 0 Å². The van der Waals surface area contributed by atoms with Crippen molar-refractivity contribution in [2.24, 2.45) is 0 Å². The number of hydrogen-bond donors (Lipinski definition) is 1. The predicted molar refractivity (Wildman–Crippen MR) is 73.1 cm³/mol. The maximum Gasteiger partial charge on any atom is 0.0203 e. The van der Waals surface area contributed by atoms with Gasteiger partial charge in [0.1, 0.15) is 0 Å². The second kappa shape index (κ2) is 7.31. The lowest BCUT2D eigenvalue weighted by atomic mass is 10.2. The van der Waals surface area contributed by atoms with Gasteiger partial charge < -0.3 is 5.32 Å². The van der Waals surface area contributed by atoms with Gasteiger partial charge in [-0.15, -0.1) is 11.3 Å². The van der Waals surface area contributed by atoms with Gasteiger partial charge in [-0.2, -0.15) is 11.8 Å². The van der Waals surface area contributed by atoms with Gasteiger partial charge in [0.15, 0.2) is 0 Å². The predicted octanol–water partition coefficient (Wildman–Crippen LogP) is 3.41. The highest BCUT2D eigenvalue weighted by Crippen LogP contribution is 2.18. The van der Waals surface area contributed by atoms with Gasteiger partial charge in [0, 0.05) is 21.9 Å². The van der Waals surface area contributed by atoms with Crippen molar-refractivity contribution < 1.29 is 0 Å². The first kappa shape index (κ1) is 13.1. The maximum atomic E-state index is 3.41. The van der Waals surface area contributed by atoms with Crippen LogP contribution in [-0.2, 0) is 6.42 Å². The first-order valence-electron chi connectivity index (χ1n) is 5.57. The molecule has 1 aromatic heterocycles. The van der Waals surface area contributed by atoms with Crippen LogP contribution in [0.2, 0.25) is 0 Å². The molecule has 0 fully saturated rings. The molecule has 0 aliphatic carbocycles. The standard InChI is InChI=1S/C12H21NS2/c1-4-10(2)15-9-11(13-3)8-12-6-5-7-14-12/h5-7,10-11,13H,4,8-9H2,1-3H3. The van der Waals surface area contributed by atoms with Gasteiger partial charge >= 0.3 is 0 Å². The van der Waals surface area contributed by atoms with Crippen LogP contribution in [0.25, 0.3) is 0 Å². The second-order valence-corrected chi connectivity index (χ2v) is 6.32. The van der Waals surface area contributed by atoms with Gasteiger partial charge in [0.05, 0.1) is 0 Å². The first-order valence-corrected chi connectivity index (χ1v) is 7.50. The number of thiophene rings is 1. The fraction of sp³-hybridized carbons (Fsp3) is 0.667. The zero-order valence-electron chi connectivity index (χ0n) is 9.82. The fourth-order valence-corrected chi connectivity index (χ4v) is 3.18. The van der Waals surface area contributed by atoms with E-state index in [0.717, 1.165) is 11.7 Å². The van der Waals surface area contributed by atoms with Crippen LogP contribution >= 0.6 is 23.1 Å². The van der Waals surface area contributed by atoms with Crippen molar-refractivity contribution in [3.63, 3.8) is 0 Å². The summed E-state index contributed by atoms with van der Waals surface area (Å²) in [5.41, 5.74) is 0. The second-order valence-electron chi connectivity index (χ2n) is 3.82. The molecule has 15 heavy (non-hydrogen) atoms. The quantitative estimate of drug-likeness (QED) is 0.787. The molecule has 0 saturated carbocycles. The van der Waals surface area contributed by atoms with E-state index >= 15 is 0 Å². The molecule has 0 aromatic carbocycles. The van der Waals surface area contributed by atoms with Gasteiger partial charge in [0.25, 0.3) is 0 Å². The average Bonchev–Trinajstić information content (AvgIpc) is 2.76. The summed E-state index contributed by atoms with van der Waals surface area (Å²) in [7, 11) is 2.06. The molecule has 1 heterocycles. The normalized spacial score (nSPS) is 15.1. The van der Waals surface area contributed by atoms with Crippen molar-refractivity contribution in [2.75, 3.05) is 12.8 Å². The summed E-state index contributed by atoms with van der Waals surface area (Å²) in [4.78, 5) is 1.49. The Bertz CT molecular complexity index is 246. The fourth-order valence-electron chi connectivity index (χ4n) is 1.31. The van der Waals surface area contributed by atoms with Gasteiger partial charge in [-0.25, -0.2) is 0 Å². The highest BCUT2D eigenvalue weighted by molar-refractivity contribution is 7.99. The maximum absolute atomic E-state index is 3.41. The lowest BCUT2D eigenvalue weighted by Crippen LogP contribution is -2.30. The van der Waals surface area contributed by atoms with Gasteiger partial charge in [-0.3, -0.25) is 0 Å². The summed E-state index contributed by atoms with van der Waals surface area (Å²) in [6.45, 7) is 4.56. The summed E-state index contributed by atoms with van der Waals surface area (Å²) in [5, 5.41) is 6.34. The van der Waals surface area contributed by atoms with E-state index in [0.29, 0.717) is 6.04 Å². The third kappa shape index (κ3) is 5.05. The molecule has 0 aliphatic heterocycles. The molecule has 0 saturated heterocycles. The van der Waals surface area contributed by atoms with Crippen molar-refractivity contribution in [3.05, 3.63) is 22.4 Å². The van der Waals surface area contributed by atoms with Crippen molar-refractivity contribution >= 4 is 23.1 Å². The molecule has 0 amide bonds. The zero-order chi connectivity index (χ0) is 11.1. The first-order chi connectivity index (χ1) is 7.26. The van der Waals surface area contributed by atoms with E-state index in [2.05, 4.69) is 55.5 Å². The molecular formula is C12H21NS2. The SMILES string of the molecule is CCC(C)SCC(Cc1cccs1)NC. The summed E-state index contributed by atoms with van der Waals surface area (Å²) >= 11 is 3.93.